The monoisotopic (exact) mass is 492 g/mol. The van der Waals surface area contributed by atoms with Crippen molar-refractivity contribution in [1.29, 1.82) is 0 Å². The van der Waals surface area contributed by atoms with Crippen molar-refractivity contribution in [3.05, 3.63) is 42.5 Å². The van der Waals surface area contributed by atoms with Crippen LogP contribution in [0.2, 0.25) is 0 Å². The van der Waals surface area contributed by atoms with Gasteiger partial charge in [0.2, 0.25) is 0 Å². The molecule has 2 aliphatic heterocycles. The normalized spacial score (nSPS) is 23.8. The molecule has 0 spiro atoms. The van der Waals surface area contributed by atoms with E-state index in [1.165, 1.54) is 49.9 Å². The van der Waals surface area contributed by atoms with Crippen LogP contribution in [0.15, 0.2) is 41.7 Å². The van der Waals surface area contributed by atoms with Crippen LogP contribution in [0.25, 0.3) is 22.5 Å². The molecule has 9 heteroatoms. The molecule has 3 aliphatic rings. The smallest absolute Gasteiger partial charge is 0.185 e. The van der Waals surface area contributed by atoms with Crippen molar-refractivity contribution in [1.82, 2.24) is 25.5 Å². The summed E-state index contributed by atoms with van der Waals surface area (Å²) in [5.41, 5.74) is 1.77. The lowest BCUT2D eigenvalue weighted by Crippen LogP contribution is -2.55. The van der Waals surface area contributed by atoms with Gasteiger partial charge in [0, 0.05) is 35.9 Å². The predicted molar refractivity (Wildman–Crippen MR) is 135 cm³/mol. The Labute approximate surface area is 208 Å². The number of phenolic OH excluding ortho intramolecular Hbond substituents is 1. The maximum absolute atomic E-state index is 14.2. The Bertz CT molecular complexity index is 1210. The Morgan fingerprint density at radius 1 is 0.971 bits per heavy atom. The topological polar surface area (TPSA) is 87.1 Å². The number of piperidine rings is 2. The number of anilines is 1. The van der Waals surface area contributed by atoms with Crippen LogP contribution in [-0.2, 0) is 0 Å². The molecule has 6 rings (SSSR count). The summed E-state index contributed by atoms with van der Waals surface area (Å²) in [7, 11) is 0. The third-order valence-electron chi connectivity index (χ3n) is 7.41. The summed E-state index contributed by atoms with van der Waals surface area (Å²) >= 11 is 1.26. The van der Waals surface area contributed by atoms with E-state index in [9.17, 15) is 9.50 Å². The number of fused-ring (bicyclic) bond motifs is 2. The van der Waals surface area contributed by atoms with E-state index >= 15 is 0 Å². The molecule has 2 bridgehead atoms. The molecule has 3 aromatic rings. The molecule has 2 N–H and O–H groups in total. The van der Waals surface area contributed by atoms with Gasteiger partial charge >= 0.3 is 0 Å². The largest absolute Gasteiger partial charge is 0.507 e. The van der Waals surface area contributed by atoms with Crippen LogP contribution in [0.1, 0.15) is 44.9 Å². The molecule has 2 saturated heterocycles. The molecule has 7 nitrogen and oxygen atoms in total. The molecule has 1 aliphatic carbocycles. The number of nitrogens with one attached hydrogen (secondary N) is 1. The second-order valence-electron chi connectivity index (χ2n) is 9.84. The summed E-state index contributed by atoms with van der Waals surface area (Å²) in [5, 5.41) is 23.8. The molecule has 1 unspecified atom stereocenters. The Balaban J connectivity index is 1.23. The fourth-order valence-electron chi connectivity index (χ4n) is 5.63. The van der Waals surface area contributed by atoms with Crippen molar-refractivity contribution in [2.45, 2.75) is 74.1 Å². The van der Waals surface area contributed by atoms with Crippen LogP contribution in [0.4, 0.5) is 10.2 Å². The van der Waals surface area contributed by atoms with Gasteiger partial charge in [0.1, 0.15) is 10.8 Å². The van der Waals surface area contributed by atoms with Crippen LogP contribution >= 0.6 is 11.8 Å². The number of phenols is 1. The molecule has 3 atom stereocenters. The number of hydrogen-bond acceptors (Lipinski definition) is 8. The third-order valence-corrected chi connectivity index (χ3v) is 8.10. The zero-order valence-electron chi connectivity index (χ0n) is 19.7. The number of thioether (sulfide) groups is 1. The van der Waals surface area contributed by atoms with E-state index in [2.05, 4.69) is 30.4 Å². The molecule has 2 aromatic heterocycles. The highest BCUT2D eigenvalue weighted by molar-refractivity contribution is 7.98. The van der Waals surface area contributed by atoms with Crippen LogP contribution in [0, 0.1) is 5.82 Å². The zero-order valence-corrected chi connectivity index (χ0v) is 20.5. The second kappa shape index (κ2) is 9.35. The maximum atomic E-state index is 14.2. The number of hydrogen-bond donors (Lipinski definition) is 2. The molecule has 0 radical (unpaired) electrons. The molecular weight excluding hydrogens is 463 g/mol. The minimum atomic E-state index is -0.376. The zero-order chi connectivity index (χ0) is 23.9. The standard InChI is InChI=1S/C26H29FN6OS/c1-35-26-22(27)9-16(13-29-26)15-5-8-21(23(34)10-15)25-28-14-24(31-32-25)33(19-6-7-19)20-11-17-3-2-4-18(12-20)30-17/h5,8-10,13-14,17-20,30,34H,2-4,6-7,11-12H2,1H3/t17-,18+,20?. The molecule has 0 amide bonds. The van der Waals surface area contributed by atoms with Crippen molar-refractivity contribution >= 4 is 17.6 Å². The second-order valence-corrected chi connectivity index (χ2v) is 10.6. The van der Waals surface area contributed by atoms with Gasteiger partial charge in [0.05, 0.1) is 11.8 Å². The first kappa shape index (κ1) is 22.7. The summed E-state index contributed by atoms with van der Waals surface area (Å²) < 4.78 is 14.2. The van der Waals surface area contributed by atoms with Gasteiger partial charge in [-0.05, 0) is 68.5 Å². The van der Waals surface area contributed by atoms with E-state index in [0.717, 1.165) is 18.7 Å². The minimum absolute atomic E-state index is 0.0247. The van der Waals surface area contributed by atoms with Crippen molar-refractivity contribution in [2.75, 3.05) is 11.2 Å². The van der Waals surface area contributed by atoms with Crippen molar-refractivity contribution in [3.8, 4) is 28.3 Å². The van der Waals surface area contributed by atoms with Crippen LogP contribution in [0.5, 0.6) is 5.75 Å². The third kappa shape index (κ3) is 4.59. The Morgan fingerprint density at radius 3 is 2.40 bits per heavy atom. The first-order valence-corrected chi connectivity index (χ1v) is 13.6. The number of pyridine rings is 1. The molecular formula is C26H29FN6OS. The van der Waals surface area contributed by atoms with Gasteiger partial charge in [-0.3, -0.25) is 0 Å². The number of rotatable bonds is 6. The molecule has 1 saturated carbocycles. The maximum Gasteiger partial charge on any atom is 0.185 e. The Morgan fingerprint density at radius 2 is 1.77 bits per heavy atom. The van der Waals surface area contributed by atoms with Gasteiger partial charge in [-0.1, -0.05) is 12.5 Å². The van der Waals surface area contributed by atoms with Gasteiger partial charge in [-0.2, -0.15) is 0 Å². The highest BCUT2D eigenvalue weighted by atomic mass is 32.2. The van der Waals surface area contributed by atoms with Gasteiger partial charge in [0.15, 0.2) is 17.5 Å². The van der Waals surface area contributed by atoms with Crippen LogP contribution in [0.3, 0.4) is 0 Å². The fraction of sp³-hybridized carbons (Fsp3) is 0.462. The first-order chi connectivity index (χ1) is 17.1. The van der Waals surface area contributed by atoms with Gasteiger partial charge in [-0.25, -0.2) is 14.4 Å². The molecule has 3 fully saturated rings. The molecule has 4 heterocycles. The Hall–Kier alpha value is -2.78. The lowest BCUT2D eigenvalue weighted by Gasteiger charge is -2.45. The molecule has 182 valence electrons. The van der Waals surface area contributed by atoms with E-state index in [1.807, 2.05) is 6.07 Å². The van der Waals surface area contributed by atoms with Crippen molar-refractivity contribution in [3.63, 3.8) is 0 Å². The van der Waals surface area contributed by atoms with Gasteiger partial charge in [-0.15, -0.1) is 22.0 Å². The summed E-state index contributed by atoms with van der Waals surface area (Å²) in [4.78, 5) is 11.2. The lowest BCUT2D eigenvalue weighted by atomic mass is 9.83. The number of benzene rings is 1. The predicted octanol–water partition coefficient (Wildman–Crippen LogP) is 4.81. The lowest BCUT2D eigenvalue weighted by molar-refractivity contribution is 0.215. The quantitative estimate of drug-likeness (QED) is 0.474. The fourth-order valence-corrected chi connectivity index (χ4v) is 6.04. The van der Waals surface area contributed by atoms with E-state index in [-0.39, 0.29) is 11.6 Å². The number of halogens is 1. The summed E-state index contributed by atoms with van der Waals surface area (Å²) in [6.07, 6.45) is 13.7. The van der Waals surface area contributed by atoms with Crippen LogP contribution in [-0.4, -0.2) is 55.7 Å². The SMILES string of the molecule is CSc1ncc(-c2ccc(-c3ncc(N(C4CC4)C4C[C@H]5CCC[C@@H](C4)N5)nn3)c(O)c2)cc1F. The molecule has 1 aromatic carbocycles. The summed E-state index contributed by atoms with van der Waals surface area (Å²) in [6, 6.07) is 8.78. The summed E-state index contributed by atoms with van der Waals surface area (Å²) in [6.45, 7) is 0. The Kier molecular flexibility index (Phi) is 6.06. The number of aromatic hydroxyl groups is 1. The minimum Gasteiger partial charge on any atom is -0.507 e. The number of nitrogens with zero attached hydrogens (tertiary/aromatic N) is 5. The first-order valence-electron chi connectivity index (χ1n) is 12.4. The highest BCUT2D eigenvalue weighted by Crippen LogP contribution is 2.38. The van der Waals surface area contributed by atoms with E-state index in [1.54, 1.807) is 30.8 Å². The van der Waals surface area contributed by atoms with Crippen molar-refractivity contribution in [2.24, 2.45) is 0 Å². The van der Waals surface area contributed by atoms with E-state index in [4.69, 9.17) is 0 Å². The summed E-state index contributed by atoms with van der Waals surface area (Å²) in [5.74, 6) is 0.849. The van der Waals surface area contributed by atoms with E-state index < -0.39 is 0 Å². The van der Waals surface area contributed by atoms with E-state index in [0.29, 0.717) is 51.7 Å². The average molecular weight is 493 g/mol. The van der Waals surface area contributed by atoms with Gasteiger partial charge in [0.25, 0.3) is 0 Å². The highest BCUT2D eigenvalue weighted by Gasteiger charge is 2.40. The van der Waals surface area contributed by atoms with Crippen molar-refractivity contribution < 1.29 is 9.50 Å². The number of aromatic nitrogens is 4. The average Bonchev–Trinajstić information content (AvgIpc) is 3.70. The molecule has 35 heavy (non-hydrogen) atoms. The van der Waals surface area contributed by atoms with Crippen LogP contribution < -0.4 is 10.2 Å². The van der Waals surface area contributed by atoms with Gasteiger partial charge < -0.3 is 15.3 Å².